The van der Waals surface area contributed by atoms with Gasteiger partial charge in [-0.15, -0.1) is 0 Å². The van der Waals surface area contributed by atoms with Crippen LogP contribution in [-0.2, 0) is 24.2 Å². The minimum absolute atomic E-state index is 0.156. The van der Waals surface area contributed by atoms with E-state index in [2.05, 4.69) is 65.0 Å². The minimum atomic E-state index is -1.99. The topological polar surface area (TPSA) is 58.6 Å². The molecule has 1 unspecified atom stereocenters. The Bertz CT molecular complexity index is 907. The summed E-state index contributed by atoms with van der Waals surface area (Å²) in [6, 6.07) is 15.9. The van der Waals surface area contributed by atoms with E-state index in [1.54, 1.807) is 0 Å². The predicted octanol–water partition coefficient (Wildman–Crippen LogP) is 3.16. The van der Waals surface area contributed by atoms with Crippen LogP contribution in [0.25, 0.3) is 17.2 Å². The van der Waals surface area contributed by atoms with Gasteiger partial charge >= 0.3 is 0 Å². The molecule has 2 aromatic carbocycles. The molecule has 0 amide bonds. The molecular formula is C23H28N3O2S-. The van der Waals surface area contributed by atoms with Gasteiger partial charge in [0.05, 0.1) is 5.88 Å². The standard InChI is InChI=1S/C23H29N3O2S/c1-24-15-18-3-2-4-19(13-18)20-5-6-22-16-26(12-7-21(22)14-20)23-8-10-25(11-9-23)17-29(27)28/h2-7,12-14,23-24H,8-11,15-17H2,1H3,(H,27,28)/p-1. The van der Waals surface area contributed by atoms with Crippen LogP contribution in [0.1, 0.15) is 29.5 Å². The lowest BCUT2D eigenvalue weighted by Crippen LogP contribution is -2.44. The van der Waals surface area contributed by atoms with Gasteiger partial charge in [0.25, 0.3) is 0 Å². The summed E-state index contributed by atoms with van der Waals surface area (Å²) in [4.78, 5) is 4.44. The second-order valence-electron chi connectivity index (χ2n) is 7.91. The first-order chi connectivity index (χ1) is 14.1. The van der Waals surface area contributed by atoms with Crippen LogP contribution in [0, 0.1) is 0 Å². The SMILES string of the molecule is CNCc1cccc(-c2ccc3c(c2)C=CN(C2CCN(CS(=O)[O-])CC2)C3)c1. The van der Waals surface area contributed by atoms with Crippen molar-refractivity contribution in [3.8, 4) is 11.1 Å². The van der Waals surface area contributed by atoms with Crippen molar-refractivity contribution >= 4 is 17.2 Å². The lowest BCUT2D eigenvalue weighted by molar-refractivity contribution is 0.149. The fraction of sp³-hybridized carbons (Fsp3) is 0.391. The first-order valence-electron chi connectivity index (χ1n) is 10.2. The molecule has 1 saturated heterocycles. The number of hydrogen-bond acceptors (Lipinski definition) is 5. The molecule has 5 nitrogen and oxygen atoms in total. The summed E-state index contributed by atoms with van der Waals surface area (Å²) in [5.41, 5.74) is 6.43. The zero-order chi connectivity index (χ0) is 20.2. The molecule has 0 radical (unpaired) electrons. The van der Waals surface area contributed by atoms with Crippen LogP contribution in [-0.4, -0.2) is 50.6 Å². The highest BCUT2D eigenvalue weighted by Gasteiger charge is 2.24. The van der Waals surface area contributed by atoms with Crippen LogP contribution in [0.4, 0.5) is 0 Å². The Labute approximate surface area is 175 Å². The van der Waals surface area contributed by atoms with Crippen LogP contribution in [0.5, 0.6) is 0 Å². The highest BCUT2D eigenvalue weighted by molar-refractivity contribution is 7.79. The van der Waals surface area contributed by atoms with Crippen molar-refractivity contribution in [1.29, 1.82) is 0 Å². The monoisotopic (exact) mass is 410 g/mol. The van der Waals surface area contributed by atoms with E-state index in [1.807, 2.05) is 11.9 Å². The van der Waals surface area contributed by atoms with E-state index >= 15 is 0 Å². The average Bonchev–Trinajstić information content (AvgIpc) is 2.74. The molecule has 1 N–H and O–H groups in total. The Morgan fingerprint density at radius 2 is 1.93 bits per heavy atom. The third-order valence-corrected chi connectivity index (χ3v) is 6.48. The van der Waals surface area contributed by atoms with E-state index in [0.717, 1.165) is 39.0 Å². The summed E-state index contributed by atoms with van der Waals surface area (Å²) in [6.07, 6.45) is 6.45. The van der Waals surface area contributed by atoms with Crippen molar-refractivity contribution in [3.63, 3.8) is 0 Å². The summed E-state index contributed by atoms with van der Waals surface area (Å²) >= 11 is -1.99. The van der Waals surface area contributed by atoms with Crippen molar-refractivity contribution < 1.29 is 8.76 Å². The van der Waals surface area contributed by atoms with Gasteiger partial charge in [0, 0.05) is 38.4 Å². The molecular weight excluding hydrogens is 382 g/mol. The second kappa shape index (κ2) is 9.22. The maximum Gasteiger partial charge on any atom is 0.0613 e. The lowest BCUT2D eigenvalue weighted by Gasteiger charge is -2.39. The van der Waals surface area contributed by atoms with Gasteiger partial charge in [0.2, 0.25) is 0 Å². The van der Waals surface area contributed by atoms with E-state index in [0.29, 0.717) is 6.04 Å². The molecule has 4 rings (SSSR count). The highest BCUT2D eigenvalue weighted by atomic mass is 32.2. The van der Waals surface area contributed by atoms with Crippen LogP contribution >= 0.6 is 0 Å². The van der Waals surface area contributed by atoms with E-state index in [-0.39, 0.29) is 5.88 Å². The molecule has 6 heteroatoms. The summed E-state index contributed by atoms with van der Waals surface area (Å²) in [7, 11) is 1.97. The van der Waals surface area contributed by atoms with Gasteiger partial charge in [-0.3, -0.25) is 9.11 Å². The minimum Gasteiger partial charge on any atom is -0.771 e. The van der Waals surface area contributed by atoms with E-state index in [4.69, 9.17) is 0 Å². The Balaban J connectivity index is 1.43. The molecule has 2 aliphatic heterocycles. The maximum atomic E-state index is 10.9. The van der Waals surface area contributed by atoms with Crippen molar-refractivity contribution in [2.45, 2.75) is 32.0 Å². The average molecular weight is 411 g/mol. The Kier molecular flexibility index (Phi) is 6.45. The highest BCUT2D eigenvalue weighted by Crippen LogP contribution is 2.29. The Morgan fingerprint density at radius 1 is 1.14 bits per heavy atom. The molecule has 0 bridgehead atoms. The molecule has 0 aliphatic carbocycles. The van der Waals surface area contributed by atoms with E-state index in [9.17, 15) is 8.76 Å². The van der Waals surface area contributed by atoms with Gasteiger partial charge in [0.15, 0.2) is 0 Å². The molecule has 0 saturated carbocycles. The number of piperidine rings is 1. The van der Waals surface area contributed by atoms with E-state index < -0.39 is 11.1 Å². The number of rotatable bonds is 6. The van der Waals surface area contributed by atoms with Gasteiger partial charge in [-0.1, -0.05) is 30.3 Å². The fourth-order valence-corrected chi connectivity index (χ4v) is 4.90. The van der Waals surface area contributed by atoms with E-state index in [1.165, 1.54) is 27.8 Å². The predicted molar refractivity (Wildman–Crippen MR) is 118 cm³/mol. The van der Waals surface area contributed by atoms with Crippen LogP contribution in [0.2, 0.25) is 0 Å². The van der Waals surface area contributed by atoms with Crippen LogP contribution < -0.4 is 5.32 Å². The number of fused-ring (bicyclic) bond motifs is 1. The molecule has 154 valence electrons. The van der Waals surface area contributed by atoms with Gasteiger partial charge in [-0.2, -0.15) is 0 Å². The number of nitrogens with one attached hydrogen (secondary N) is 1. The quantitative estimate of drug-likeness (QED) is 0.742. The number of likely N-dealkylation sites (tertiary alicyclic amines) is 1. The molecule has 2 heterocycles. The Morgan fingerprint density at radius 3 is 2.69 bits per heavy atom. The second-order valence-corrected chi connectivity index (χ2v) is 8.78. The first kappa shape index (κ1) is 20.3. The molecule has 2 aliphatic rings. The smallest absolute Gasteiger partial charge is 0.0613 e. The van der Waals surface area contributed by atoms with Crippen molar-refractivity contribution in [2.24, 2.45) is 0 Å². The Hall–Kier alpha value is -1.99. The van der Waals surface area contributed by atoms with Crippen molar-refractivity contribution in [3.05, 3.63) is 65.4 Å². The lowest BCUT2D eigenvalue weighted by atomic mass is 9.95. The molecule has 2 aromatic rings. The summed E-state index contributed by atoms with van der Waals surface area (Å²) in [5.74, 6) is 0.156. The third kappa shape index (κ3) is 4.95. The van der Waals surface area contributed by atoms with Gasteiger partial charge in [-0.25, -0.2) is 0 Å². The largest absolute Gasteiger partial charge is 0.771 e. The van der Waals surface area contributed by atoms with Crippen LogP contribution in [0.15, 0.2) is 48.7 Å². The van der Waals surface area contributed by atoms with Gasteiger partial charge in [-0.05, 0) is 77.0 Å². The summed E-state index contributed by atoms with van der Waals surface area (Å²) in [6.45, 7) is 3.48. The third-order valence-electron chi connectivity index (χ3n) is 5.90. The van der Waals surface area contributed by atoms with Gasteiger partial charge < -0.3 is 14.8 Å². The first-order valence-corrected chi connectivity index (χ1v) is 11.5. The molecule has 0 aromatic heterocycles. The number of nitrogens with zero attached hydrogens (tertiary/aromatic N) is 2. The fourth-order valence-electron chi connectivity index (χ4n) is 4.34. The van der Waals surface area contributed by atoms with Crippen LogP contribution in [0.3, 0.4) is 0 Å². The summed E-state index contributed by atoms with van der Waals surface area (Å²) in [5, 5.41) is 3.21. The zero-order valence-electron chi connectivity index (χ0n) is 16.8. The number of hydrogen-bond donors (Lipinski definition) is 1. The number of benzene rings is 2. The van der Waals surface area contributed by atoms with Gasteiger partial charge in [0.1, 0.15) is 0 Å². The van der Waals surface area contributed by atoms with Crippen molar-refractivity contribution in [2.75, 3.05) is 26.0 Å². The normalized spacial score (nSPS) is 18.6. The molecule has 0 spiro atoms. The zero-order valence-corrected chi connectivity index (χ0v) is 17.7. The maximum absolute atomic E-state index is 10.9. The molecule has 1 atom stereocenters. The van der Waals surface area contributed by atoms with Crippen molar-refractivity contribution in [1.82, 2.24) is 15.1 Å². The molecule has 29 heavy (non-hydrogen) atoms. The molecule has 1 fully saturated rings. The summed E-state index contributed by atoms with van der Waals surface area (Å²) < 4.78 is 21.8.